The van der Waals surface area contributed by atoms with Gasteiger partial charge in [-0.05, 0) is 37.5 Å². The van der Waals surface area contributed by atoms with E-state index in [4.69, 9.17) is 11.6 Å². The van der Waals surface area contributed by atoms with Crippen LogP contribution in [0.5, 0.6) is 0 Å². The van der Waals surface area contributed by atoms with Crippen molar-refractivity contribution in [2.24, 2.45) is 0 Å². The summed E-state index contributed by atoms with van der Waals surface area (Å²) in [6.45, 7) is 2.15. The Morgan fingerprint density at radius 3 is 2.60 bits per heavy atom. The predicted molar refractivity (Wildman–Crippen MR) is 103 cm³/mol. The number of anilines is 1. The maximum absolute atomic E-state index is 12.5. The molecule has 5 heteroatoms. The fourth-order valence-corrected chi connectivity index (χ4v) is 3.43. The highest BCUT2D eigenvalue weighted by atomic mass is 35.5. The summed E-state index contributed by atoms with van der Waals surface area (Å²) in [5, 5.41) is 6.35. The van der Waals surface area contributed by atoms with Crippen LogP contribution in [0.2, 0.25) is 5.02 Å². The first-order chi connectivity index (χ1) is 12.1. The Kier molecular flexibility index (Phi) is 8.26. The topological polar surface area (TPSA) is 58.2 Å². The SMILES string of the molecule is CCCCCCC(=O)Nc1ccc(Cl)c(C(=O)NC2CCCCC2)c1. The van der Waals surface area contributed by atoms with E-state index in [2.05, 4.69) is 17.6 Å². The number of hydrogen-bond acceptors (Lipinski definition) is 2. The van der Waals surface area contributed by atoms with Gasteiger partial charge in [-0.15, -0.1) is 0 Å². The molecule has 138 valence electrons. The van der Waals surface area contributed by atoms with Gasteiger partial charge < -0.3 is 10.6 Å². The number of benzene rings is 1. The van der Waals surface area contributed by atoms with E-state index < -0.39 is 0 Å². The lowest BCUT2D eigenvalue weighted by Gasteiger charge is -2.23. The van der Waals surface area contributed by atoms with Gasteiger partial charge in [-0.25, -0.2) is 0 Å². The summed E-state index contributed by atoms with van der Waals surface area (Å²) in [5.41, 5.74) is 1.05. The minimum atomic E-state index is -0.157. The first-order valence-corrected chi connectivity index (χ1v) is 9.88. The van der Waals surface area contributed by atoms with Gasteiger partial charge in [0.15, 0.2) is 0 Å². The van der Waals surface area contributed by atoms with Gasteiger partial charge in [0, 0.05) is 18.2 Å². The van der Waals surface area contributed by atoms with Crippen molar-refractivity contribution in [3.05, 3.63) is 28.8 Å². The first kappa shape index (κ1) is 19.8. The molecular weight excluding hydrogens is 336 g/mol. The Balaban J connectivity index is 1.92. The van der Waals surface area contributed by atoms with Gasteiger partial charge in [-0.1, -0.05) is 57.0 Å². The number of halogens is 1. The molecule has 0 aromatic heterocycles. The molecule has 2 rings (SSSR count). The summed E-state index contributed by atoms with van der Waals surface area (Å²) in [6, 6.07) is 5.31. The number of carbonyl (C=O) groups excluding carboxylic acids is 2. The smallest absolute Gasteiger partial charge is 0.253 e. The highest BCUT2D eigenvalue weighted by Crippen LogP contribution is 2.23. The lowest BCUT2D eigenvalue weighted by atomic mass is 9.95. The van der Waals surface area contributed by atoms with Gasteiger partial charge in [0.25, 0.3) is 5.91 Å². The average Bonchev–Trinajstić information content (AvgIpc) is 2.61. The van der Waals surface area contributed by atoms with Crippen LogP contribution in [0.1, 0.15) is 81.5 Å². The highest BCUT2D eigenvalue weighted by molar-refractivity contribution is 6.34. The second-order valence-electron chi connectivity index (χ2n) is 6.86. The number of nitrogens with one attached hydrogen (secondary N) is 2. The van der Waals surface area contributed by atoms with Gasteiger partial charge in [-0.2, -0.15) is 0 Å². The largest absolute Gasteiger partial charge is 0.349 e. The number of rotatable bonds is 8. The lowest BCUT2D eigenvalue weighted by Crippen LogP contribution is -2.36. The second kappa shape index (κ2) is 10.4. The molecule has 2 amide bonds. The van der Waals surface area contributed by atoms with E-state index in [0.29, 0.717) is 22.7 Å². The average molecular weight is 365 g/mol. The van der Waals surface area contributed by atoms with Crippen molar-refractivity contribution in [3.8, 4) is 0 Å². The number of hydrogen-bond donors (Lipinski definition) is 2. The lowest BCUT2D eigenvalue weighted by molar-refractivity contribution is -0.116. The third kappa shape index (κ3) is 6.69. The summed E-state index contributed by atoms with van der Waals surface area (Å²) >= 11 is 6.19. The fraction of sp³-hybridized carbons (Fsp3) is 0.600. The second-order valence-corrected chi connectivity index (χ2v) is 7.27. The molecule has 0 atom stereocenters. The van der Waals surface area contributed by atoms with Gasteiger partial charge in [0.1, 0.15) is 0 Å². The normalized spacial score (nSPS) is 15.0. The third-order valence-corrected chi connectivity index (χ3v) is 5.02. The van der Waals surface area contributed by atoms with Crippen molar-refractivity contribution < 1.29 is 9.59 Å². The van der Waals surface area contributed by atoms with Gasteiger partial charge >= 0.3 is 0 Å². The molecule has 0 bridgehead atoms. The standard InChI is InChI=1S/C20H29ClN2O2/c1-2-3-4-8-11-19(24)22-16-12-13-18(21)17(14-16)20(25)23-15-9-6-5-7-10-15/h12-15H,2-11H2,1H3,(H,22,24)(H,23,25). The van der Waals surface area contributed by atoms with Gasteiger partial charge in [-0.3, -0.25) is 9.59 Å². The summed E-state index contributed by atoms with van der Waals surface area (Å²) in [4.78, 5) is 24.5. The number of carbonyl (C=O) groups is 2. The molecular formula is C20H29ClN2O2. The van der Waals surface area contributed by atoms with Crippen LogP contribution in [0, 0.1) is 0 Å². The predicted octanol–water partition coefficient (Wildman–Crippen LogP) is 5.31. The quantitative estimate of drug-likeness (QED) is 0.614. The van der Waals surface area contributed by atoms with Crippen molar-refractivity contribution in [3.63, 3.8) is 0 Å². The van der Waals surface area contributed by atoms with Crippen molar-refractivity contribution in [2.75, 3.05) is 5.32 Å². The van der Waals surface area contributed by atoms with Crippen molar-refractivity contribution in [1.82, 2.24) is 5.32 Å². The maximum atomic E-state index is 12.5. The highest BCUT2D eigenvalue weighted by Gasteiger charge is 2.18. The van der Waals surface area contributed by atoms with Crippen LogP contribution in [0.3, 0.4) is 0 Å². The van der Waals surface area contributed by atoms with E-state index in [1.54, 1.807) is 18.2 Å². The minimum absolute atomic E-state index is 0.0166. The summed E-state index contributed by atoms with van der Waals surface area (Å²) in [7, 11) is 0. The Labute approximate surface area is 155 Å². The third-order valence-electron chi connectivity index (χ3n) is 4.69. The van der Waals surface area contributed by atoms with E-state index in [0.717, 1.165) is 51.4 Å². The summed E-state index contributed by atoms with van der Waals surface area (Å²) in [6.07, 6.45) is 10.4. The Bertz CT molecular complexity index is 583. The molecule has 25 heavy (non-hydrogen) atoms. The monoisotopic (exact) mass is 364 g/mol. The van der Waals surface area contributed by atoms with E-state index in [1.807, 2.05) is 0 Å². The molecule has 4 nitrogen and oxygen atoms in total. The van der Waals surface area contributed by atoms with Gasteiger partial charge in [0.05, 0.1) is 10.6 Å². The first-order valence-electron chi connectivity index (χ1n) is 9.50. The summed E-state index contributed by atoms with van der Waals surface area (Å²) < 4.78 is 0. The van der Waals surface area contributed by atoms with Gasteiger partial charge in [0.2, 0.25) is 5.91 Å². The number of amides is 2. The zero-order chi connectivity index (χ0) is 18.1. The van der Waals surface area contributed by atoms with E-state index in [-0.39, 0.29) is 17.9 Å². The Morgan fingerprint density at radius 1 is 1.12 bits per heavy atom. The molecule has 1 aliphatic rings. The molecule has 1 fully saturated rings. The molecule has 2 N–H and O–H groups in total. The van der Waals surface area contributed by atoms with E-state index in [1.165, 1.54) is 6.42 Å². The molecule has 0 saturated heterocycles. The van der Waals surface area contributed by atoms with Crippen LogP contribution >= 0.6 is 11.6 Å². The molecule has 0 spiro atoms. The molecule has 1 aromatic rings. The molecule has 0 aliphatic heterocycles. The summed E-state index contributed by atoms with van der Waals surface area (Å²) in [5.74, 6) is -0.173. The van der Waals surface area contributed by atoms with Crippen molar-refractivity contribution >= 4 is 29.1 Å². The van der Waals surface area contributed by atoms with Crippen LogP contribution in [-0.4, -0.2) is 17.9 Å². The maximum Gasteiger partial charge on any atom is 0.253 e. The van der Waals surface area contributed by atoms with Crippen molar-refractivity contribution in [2.45, 2.75) is 77.2 Å². The molecule has 0 unspecified atom stereocenters. The Morgan fingerprint density at radius 2 is 1.88 bits per heavy atom. The van der Waals surface area contributed by atoms with Crippen LogP contribution in [0.4, 0.5) is 5.69 Å². The molecule has 1 saturated carbocycles. The van der Waals surface area contributed by atoms with Crippen molar-refractivity contribution in [1.29, 1.82) is 0 Å². The molecule has 0 heterocycles. The molecule has 0 radical (unpaired) electrons. The van der Waals surface area contributed by atoms with Crippen LogP contribution < -0.4 is 10.6 Å². The fourth-order valence-electron chi connectivity index (χ4n) is 3.22. The Hall–Kier alpha value is -1.55. The van der Waals surface area contributed by atoms with E-state index in [9.17, 15) is 9.59 Å². The molecule has 1 aliphatic carbocycles. The van der Waals surface area contributed by atoms with E-state index >= 15 is 0 Å². The zero-order valence-electron chi connectivity index (χ0n) is 15.1. The molecule has 1 aromatic carbocycles. The minimum Gasteiger partial charge on any atom is -0.349 e. The number of unbranched alkanes of at least 4 members (excludes halogenated alkanes) is 3. The van der Waals surface area contributed by atoms with Crippen LogP contribution in [-0.2, 0) is 4.79 Å². The zero-order valence-corrected chi connectivity index (χ0v) is 15.8. The van der Waals surface area contributed by atoms with Crippen LogP contribution in [0.15, 0.2) is 18.2 Å². The van der Waals surface area contributed by atoms with Crippen LogP contribution in [0.25, 0.3) is 0 Å².